The van der Waals surface area contributed by atoms with Gasteiger partial charge in [-0.1, -0.05) is 6.92 Å². The van der Waals surface area contributed by atoms with Crippen molar-refractivity contribution in [1.82, 2.24) is 4.98 Å². The average Bonchev–Trinajstić information content (AvgIpc) is 2.37. The van der Waals surface area contributed by atoms with Crippen molar-refractivity contribution in [3.8, 4) is 0 Å². The molecule has 2 aromatic rings. The van der Waals surface area contributed by atoms with Crippen LogP contribution in [0.25, 0.3) is 0 Å². The van der Waals surface area contributed by atoms with Crippen LogP contribution in [0, 0.1) is 6.92 Å². The molecule has 0 saturated carbocycles. The molecule has 0 amide bonds. The SMILES string of the molecule is CCSc1ccc(Nc2ccc(N)c(C)n2)cc1. The number of aryl methyl sites for hydroxylation is 1. The van der Waals surface area contributed by atoms with E-state index in [9.17, 15) is 0 Å². The molecule has 0 spiro atoms. The highest BCUT2D eigenvalue weighted by Crippen LogP contribution is 2.22. The Labute approximate surface area is 112 Å². The number of hydrogen-bond donors (Lipinski definition) is 2. The van der Waals surface area contributed by atoms with E-state index in [0.29, 0.717) is 0 Å². The summed E-state index contributed by atoms with van der Waals surface area (Å²) in [4.78, 5) is 5.67. The first-order valence-electron chi connectivity index (χ1n) is 5.92. The number of rotatable bonds is 4. The van der Waals surface area contributed by atoms with E-state index in [4.69, 9.17) is 5.73 Å². The Bertz CT molecular complexity index is 523. The summed E-state index contributed by atoms with van der Waals surface area (Å²) in [5.41, 5.74) is 8.34. The summed E-state index contributed by atoms with van der Waals surface area (Å²) in [6, 6.07) is 12.1. The largest absolute Gasteiger partial charge is 0.397 e. The standard InChI is InChI=1S/C14H17N3S/c1-3-18-12-6-4-11(5-7-12)17-14-9-8-13(15)10(2)16-14/h4-9H,3,15H2,1-2H3,(H,16,17). The Balaban J connectivity index is 2.10. The van der Waals surface area contributed by atoms with Crippen molar-refractivity contribution < 1.29 is 0 Å². The zero-order valence-corrected chi connectivity index (χ0v) is 11.4. The summed E-state index contributed by atoms with van der Waals surface area (Å²) in [7, 11) is 0. The Morgan fingerprint density at radius 2 is 1.89 bits per heavy atom. The summed E-state index contributed by atoms with van der Waals surface area (Å²) in [6.45, 7) is 4.05. The molecule has 2 rings (SSSR count). The first-order chi connectivity index (χ1) is 8.69. The molecule has 0 aliphatic carbocycles. The second kappa shape index (κ2) is 5.78. The van der Waals surface area contributed by atoms with Crippen molar-refractivity contribution in [2.45, 2.75) is 18.7 Å². The fraction of sp³-hybridized carbons (Fsp3) is 0.214. The summed E-state index contributed by atoms with van der Waals surface area (Å²) in [5.74, 6) is 1.91. The third-order valence-electron chi connectivity index (χ3n) is 2.56. The van der Waals surface area contributed by atoms with Crippen LogP contribution in [0.4, 0.5) is 17.2 Å². The number of thioether (sulfide) groups is 1. The zero-order chi connectivity index (χ0) is 13.0. The molecular weight excluding hydrogens is 242 g/mol. The van der Waals surface area contributed by atoms with Crippen LogP contribution in [0.3, 0.4) is 0 Å². The smallest absolute Gasteiger partial charge is 0.130 e. The van der Waals surface area contributed by atoms with Crippen LogP contribution in [0.5, 0.6) is 0 Å². The second-order valence-electron chi connectivity index (χ2n) is 3.95. The molecule has 0 unspecified atom stereocenters. The van der Waals surface area contributed by atoms with E-state index >= 15 is 0 Å². The van der Waals surface area contributed by atoms with Crippen LogP contribution in [-0.4, -0.2) is 10.7 Å². The van der Waals surface area contributed by atoms with Gasteiger partial charge in [0.25, 0.3) is 0 Å². The molecule has 1 aromatic carbocycles. The summed E-state index contributed by atoms with van der Waals surface area (Å²) in [6.07, 6.45) is 0. The summed E-state index contributed by atoms with van der Waals surface area (Å²) in [5, 5.41) is 3.27. The van der Waals surface area contributed by atoms with E-state index in [1.807, 2.05) is 30.8 Å². The van der Waals surface area contributed by atoms with Gasteiger partial charge >= 0.3 is 0 Å². The Morgan fingerprint density at radius 3 is 2.50 bits per heavy atom. The van der Waals surface area contributed by atoms with Crippen molar-refractivity contribution >= 4 is 29.0 Å². The highest BCUT2D eigenvalue weighted by atomic mass is 32.2. The maximum Gasteiger partial charge on any atom is 0.130 e. The lowest BCUT2D eigenvalue weighted by Crippen LogP contribution is -1.98. The van der Waals surface area contributed by atoms with Crippen LogP contribution >= 0.6 is 11.8 Å². The van der Waals surface area contributed by atoms with Gasteiger partial charge in [0, 0.05) is 10.6 Å². The number of benzene rings is 1. The van der Waals surface area contributed by atoms with Crippen molar-refractivity contribution in [3.63, 3.8) is 0 Å². The number of nitrogens with two attached hydrogens (primary N) is 1. The molecule has 3 N–H and O–H groups in total. The van der Waals surface area contributed by atoms with Gasteiger partial charge < -0.3 is 11.1 Å². The number of nitrogens with zero attached hydrogens (tertiary/aromatic N) is 1. The van der Waals surface area contributed by atoms with Gasteiger partial charge in [-0.3, -0.25) is 0 Å². The minimum Gasteiger partial charge on any atom is -0.397 e. The van der Waals surface area contributed by atoms with Crippen LogP contribution in [0.2, 0.25) is 0 Å². The van der Waals surface area contributed by atoms with Crippen molar-refractivity contribution in [1.29, 1.82) is 0 Å². The predicted molar refractivity (Wildman–Crippen MR) is 79.5 cm³/mol. The summed E-state index contributed by atoms with van der Waals surface area (Å²) >= 11 is 1.83. The van der Waals surface area contributed by atoms with E-state index in [1.165, 1.54) is 4.90 Å². The Hall–Kier alpha value is -1.68. The van der Waals surface area contributed by atoms with Crippen LogP contribution < -0.4 is 11.1 Å². The molecule has 0 radical (unpaired) electrons. The van der Waals surface area contributed by atoms with Gasteiger partial charge in [-0.25, -0.2) is 4.98 Å². The molecule has 0 bridgehead atoms. The minimum atomic E-state index is 0.718. The number of anilines is 3. The Kier molecular flexibility index (Phi) is 4.10. The molecular formula is C14H17N3S. The molecule has 1 heterocycles. The van der Waals surface area contributed by atoms with Crippen molar-refractivity contribution in [3.05, 3.63) is 42.1 Å². The van der Waals surface area contributed by atoms with Crippen LogP contribution in [-0.2, 0) is 0 Å². The number of aromatic nitrogens is 1. The van der Waals surface area contributed by atoms with Crippen LogP contribution in [0.15, 0.2) is 41.3 Å². The highest BCUT2D eigenvalue weighted by molar-refractivity contribution is 7.99. The van der Waals surface area contributed by atoms with E-state index in [2.05, 4.69) is 41.5 Å². The first kappa shape index (κ1) is 12.8. The fourth-order valence-electron chi connectivity index (χ4n) is 1.59. The molecule has 94 valence electrons. The van der Waals surface area contributed by atoms with Gasteiger partial charge in [-0.05, 0) is 49.1 Å². The predicted octanol–water partition coefficient (Wildman–Crippen LogP) is 3.83. The number of nitrogens with one attached hydrogen (secondary N) is 1. The van der Waals surface area contributed by atoms with Crippen molar-refractivity contribution in [2.24, 2.45) is 0 Å². The first-order valence-corrected chi connectivity index (χ1v) is 6.90. The van der Waals surface area contributed by atoms with E-state index in [1.54, 1.807) is 0 Å². The van der Waals surface area contributed by atoms with E-state index in [0.717, 1.165) is 28.6 Å². The van der Waals surface area contributed by atoms with Crippen LogP contribution in [0.1, 0.15) is 12.6 Å². The molecule has 0 saturated heterocycles. The number of hydrogen-bond acceptors (Lipinski definition) is 4. The normalized spacial score (nSPS) is 10.3. The third-order valence-corrected chi connectivity index (χ3v) is 3.46. The van der Waals surface area contributed by atoms with Crippen molar-refractivity contribution in [2.75, 3.05) is 16.8 Å². The lowest BCUT2D eigenvalue weighted by molar-refractivity contribution is 1.20. The van der Waals surface area contributed by atoms with Gasteiger partial charge in [-0.2, -0.15) is 0 Å². The summed E-state index contributed by atoms with van der Waals surface area (Å²) < 4.78 is 0. The Morgan fingerprint density at radius 1 is 1.17 bits per heavy atom. The third kappa shape index (κ3) is 3.17. The minimum absolute atomic E-state index is 0.718. The number of pyridine rings is 1. The highest BCUT2D eigenvalue weighted by Gasteiger charge is 1.99. The molecule has 0 aliphatic rings. The molecule has 0 atom stereocenters. The lowest BCUT2D eigenvalue weighted by atomic mass is 10.3. The van der Waals surface area contributed by atoms with E-state index in [-0.39, 0.29) is 0 Å². The maximum atomic E-state index is 5.74. The van der Waals surface area contributed by atoms with Gasteiger partial charge in [0.2, 0.25) is 0 Å². The molecule has 18 heavy (non-hydrogen) atoms. The second-order valence-corrected chi connectivity index (χ2v) is 5.29. The quantitative estimate of drug-likeness (QED) is 0.819. The van der Waals surface area contributed by atoms with Gasteiger partial charge in [0.15, 0.2) is 0 Å². The molecule has 3 nitrogen and oxygen atoms in total. The lowest BCUT2D eigenvalue weighted by Gasteiger charge is -2.08. The van der Waals surface area contributed by atoms with Gasteiger partial charge in [0.1, 0.15) is 5.82 Å². The molecule has 1 aromatic heterocycles. The van der Waals surface area contributed by atoms with Gasteiger partial charge in [0.05, 0.1) is 11.4 Å². The molecule has 0 aliphatic heterocycles. The maximum absolute atomic E-state index is 5.74. The molecule has 0 fully saturated rings. The zero-order valence-electron chi connectivity index (χ0n) is 10.6. The molecule has 4 heteroatoms. The monoisotopic (exact) mass is 259 g/mol. The fourth-order valence-corrected chi connectivity index (χ4v) is 2.25. The number of nitrogen functional groups attached to an aromatic ring is 1. The average molecular weight is 259 g/mol. The van der Waals surface area contributed by atoms with Gasteiger partial charge in [-0.15, -0.1) is 11.8 Å². The van der Waals surface area contributed by atoms with E-state index < -0.39 is 0 Å². The topological polar surface area (TPSA) is 50.9 Å².